The zero-order chi connectivity index (χ0) is 33.6. The van der Waals surface area contributed by atoms with Gasteiger partial charge in [-0.25, -0.2) is 9.69 Å². The van der Waals surface area contributed by atoms with Gasteiger partial charge in [-0.05, 0) is 90.7 Å². The molecule has 1 saturated carbocycles. The number of nitrogens with zero attached hydrogens (tertiary/aromatic N) is 5. The molecular weight excluding hydrogens is 610 g/mol. The lowest BCUT2D eigenvalue weighted by atomic mass is 9.81. The Morgan fingerprint density at radius 3 is 2.23 bits per heavy atom. The highest BCUT2D eigenvalue weighted by atomic mass is 16.2. The molecule has 5 aromatic rings. The van der Waals surface area contributed by atoms with E-state index in [9.17, 15) is 19.2 Å². The van der Waals surface area contributed by atoms with Crippen molar-refractivity contribution < 1.29 is 9.59 Å². The van der Waals surface area contributed by atoms with Gasteiger partial charge in [-0.2, -0.15) is 5.21 Å². The molecule has 3 aromatic carbocycles. The van der Waals surface area contributed by atoms with Crippen LogP contribution in [0.2, 0.25) is 0 Å². The van der Waals surface area contributed by atoms with Gasteiger partial charge in [0.1, 0.15) is 0 Å². The topological polar surface area (TPSA) is 199 Å². The van der Waals surface area contributed by atoms with Crippen LogP contribution in [0.4, 0.5) is 5.69 Å². The van der Waals surface area contributed by atoms with Gasteiger partial charge in [0.15, 0.2) is 0 Å². The van der Waals surface area contributed by atoms with E-state index in [2.05, 4.69) is 25.6 Å². The summed E-state index contributed by atoms with van der Waals surface area (Å²) in [5.74, 6) is -0.341. The third-order valence-electron chi connectivity index (χ3n) is 8.94. The van der Waals surface area contributed by atoms with Crippen LogP contribution >= 0.6 is 0 Å². The number of aromatic amines is 2. The standard InChI is InChI=1S/C35H37N9O4/c36-19-23-8-12-27(13-9-23)33(46)44(28-16-14-26(15-17-28)31-39-41-42-40-31)34(47)30(37)18-22-6-10-25(11-7-22)29-21-43(35(48)38-32(29)45)20-24-4-2-1-3-5-24/h1-7,10-11,14-17,21,23,27,30H,8-9,12-13,18-20,36-37H2,(H,38,45,48)(H,39,40,41,42)/t23?,27?,30-/m0/s1. The number of carbonyl (C=O) groups is 2. The van der Waals surface area contributed by atoms with Gasteiger partial charge in [0, 0.05) is 17.7 Å². The number of anilines is 1. The van der Waals surface area contributed by atoms with Crippen LogP contribution in [0.3, 0.4) is 0 Å². The van der Waals surface area contributed by atoms with Crippen LogP contribution in [0.15, 0.2) is 94.6 Å². The molecule has 6 N–H and O–H groups in total. The van der Waals surface area contributed by atoms with Gasteiger partial charge in [-0.15, -0.1) is 10.2 Å². The summed E-state index contributed by atoms with van der Waals surface area (Å²) in [6, 6.07) is 22.4. The number of hydrogen-bond acceptors (Lipinski definition) is 9. The maximum atomic E-state index is 14.0. The molecule has 0 bridgehead atoms. The summed E-state index contributed by atoms with van der Waals surface area (Å²) >= 11 is 0. The van der Waals surface area contributed by atoms with Crippen molar-refractivity contribution in [3.05, 3.63) is 117 Å². The highest BCUT2D eigenvalue weighted by molar-refractivity contribution is 6.17. The molecule has 0 spiro atoms. The van der Waals surface area contributed by atoms with Crippen LogP contribution in [0.1, 0.15) is 36.8 Å². The Labute approximate surface area is 276 Å². The van der Waals surface area contributed by atoms with Gasteiger partial charge in [0.25, 0.3) is 11.5 Å². The number of nitrogens with one attached hydrogen (secondary N) is 2. The van der Waals surface area contributed by atoms with E-state index in [1.54, 1.807) is 54.7 Å². The summed E-state index contributed by atoms with van der Waals surface area (Å²) in [5.41, 5.74) is 15.1. The van der Waals surface area contributed by atoms with E-state index in [-0.39, 0.29) is 18.2 Å². The molecule has 0 aliphatic heterocycles. The van der Waals surface area contributed by atoms with Crippen molar-refractivity contribution in [3.63, 3.8) is 0 Å². The Hall–Kier alpha value is -5.53. The minimum Gasteiger partial charge on any atom is -0.330 e. The second-order valence-electron chi connectivity index (χ2n) is 12.2. The van der Waals surface area contributed by atoms with Crippen LogP contribution in [-0.2, 0) is 22.6 Å². The predicted molar refractivity (Wildman–Crippen MR) is 181 cm³/mol. The van der Waals surface area contributed by atoms with Crippen LogP contribution < -0.4 is 27.6 Å². The molecule has 13 heteroatoms. The largest absolute Gasteiger partial charge is 0.330 e. The lowest BCUT2D eigenvalue weighted by molar-refractivity contribution is -0.130. The van der Waals surface area contributed by atoms with Crippen LogP contribution in [0, 0.1) is 11.8 Å². The number of amides is 2. The van der Waals surface area contributed by atoms with E-state index in [4.69, 9.17) is 11.5 Å². The van der Waals surface area contributed by atoms with Crippen molar-refractivity contribution in [2.45, 2.75) is 44.7 Å². The molecular formula is C35H37N9O4. The third-order valence-corrected chi connectivity index (χ3v) is 8.94. The lowest BCUT2D eigenvalue weighted by Crippen LogP contribution is -2.50. The first kappa shape index (κ1) is 32.4. The molecule has 6 rings (SSSR count). The average molecular weight is 648 g/mol. The van der Waals surface area contributed by atoms with E-state index in [0.29, 0.717) is 60.1 Å². The Bertz CT molecular complexity index is 1960. The highest BCUT2D eigenvalue weighted by Crippen LogP contribution is 2.32. The number of benzene rings is 3. The minimum absolute atomic E-state index is 0.160. The molecule has 1 fully saturated rings. The normalized spacial score (nSPS) is 16.7. The van der Waals surface area contributed by atoms with Crippen molar-refractivity contribution >= 4 is 17.5 Å². The van der Waals surface area contributed by atoms with Crippen LogP contribution in [0.5, 0.6) is 0 Å². The summed E-state index contributed by atoms with van der Waals surface area (Å²) < 4.78 is 1.46. The van der Waals surface area contributed by atoms with E-state index in [1.807, 2.05) is 30.3 Å². The third kappa shape index (κ3) is 7.22. The Morgan fingerprint density at radius 1 is 0.896 bits per heavy atom. The molecule has 2 aromatic heterocycles. The lowest BCUT2D eigenvalue weighted by Gasteiger charge is -2.32. The highest BCUT2D eigenvalue weighted by Gasteiger charge is 2.35. The summed E-state index contributed by atoms with van der Waals surface area (Å²) in [6.07, 6.45) is 4.67. The molecule has 0 unspecified atom stereocenters. The van der Waals surface area contributed by atoms with Crippen molar-refractivity contribution in [1.29, 1.82) is 0 Å². The van der Waals surface area contributed by atoms with Gasteiger partial charge in [-0.3, -0.25) is 23.9 Å². The first-order chi connectivity index (χ1) is 23.3. The van der Waals surface area contributed by atoms with E-state index >= 15 is 0 Å². The molecule has 1 atom stereocenters. The van der Waals surface area contributed by atoms with Crippen LogP contribution in [0.25, 0.3) is 22.5 Å². The number of rotatable bonds is 10. The number of H-pyrrole nitrogens is 2. The second kappa shape index (κ2) is 14.5. The Balaban J connectivity index is 1.21. The van der Waals surface area contributed by atoms with Crippen molar-refractivity contribution in [1.82, 2.24) is 30.2 Å². The summed E-state index contributed by atoms with van der Waals surface area (Å²) in [4.78, 5) is 56.7. The SMILES string of the molecule is NCC1CCC(C(=O)N(C(=O)[C@@H](N)Cc2ccc(-c3cn(Cc4ccccc4)c(=O)[nH]c3=O)cc2)c2ccc(-c3nn[nH]n3)cc2)CC1. The predicted octanol–water partition coefficient (Wildman–Crippen LogP) is 2.63. The first-order valence-corrected chi connectivity index (χ1v) is 15.9. The number of hydrogen-bond donors (Lipinski definition) is 4. The molecule has 1 aliphatic rings. The monoisotopic (exact) mass is 647 g/mol. The molecule has 0 radical (unpaired) electrons. The molecule has 2 amide bonds. The summed E-state index contributed by atoms with van der Waals surface area (Å²) in [7, 11) is 0. The van der Waals surface area contributed by atoms with Gasteiger partial charge >= 0.3 is 5.69 Å². The van der Waals surface area contributed by atoms with Crippen molar-refractivity contribution in [2.75, 3.05) is 11.4 Å². The Morgan fingerprint density at radius 2 is 1.58 bits per heavy atom. The second-order valence-corrected chi connectivity index (χ2v) is 12.2. The number of aromatic nitrogens is 6. The Kier molecular flexibility index (Phi) is 9.78. The number of carbonyl (C=O) groups excluding carboxylic acids is 2. The fourth-order valence-electron chi connectivity index (χ4n) is 6.17. The van der Waals surface area contributed by atoms with Gasteiger partial charge in [0.05, 0.1) is 23.8 Å². The fourth-order valence-corrected chi connectivity index (χ4v) is 6.17. The molecule has 2 heterocycles. The molecule has 13 nitrogen and oxygen atoms in total. The molecule has 0 saturated heterocycles. The smallest absolute Gasteiger partial charge is 0.328 e. The van der Waals surface area contributed by atoms with Gasteiger partial charge in [0.2, 0.25) is 11.7 Å². The maximum absolute atomic E-state index is 14.0. The molecule has 246 valence electrons. The maximum Gasteiger partial charge on any atom is 0.328 e. The van der Waals surface area contributed by atoms with E-state index < -0.39 is 23.2 Å². The van der Waals surface area contributed by atoms with Crippen molar-refractivity contribution in [2.24, 2.45) is 23.3 Å². The number of nitrogens with two attached hydrogens (primary N) is 2. The minimum atomic E-state index is -1.02. The quantitative estimate of drug-likeness (QED) is 0.176. The van der Waals surface area contributed by atoms with Crippen LogP contribution in [-0.4, -0.2) is 54.6 Å². The molecule has 1 aliphatic carbocycles. The van der Waals surface area contributed by atoms with Gasteiger partial charge in [-0.1, -0.05) is 54.6 Å². The summed E-state index contributed by atoms with van der Waals surface area (Å²) in [6.45, 7) is 0.888. The fraction of sp³-hybridized carbons (Fsp3) is 0.286. The number of tetrazole rings is 1. The zero-order valence-corrected chi connectivity index (χ0v) is 26.3. The average Bonchev–Trinajstić information content (AvgIpc) is 3.66. The van der Waals surface area contributed by atoms with E-state index in [1.165, 1.54) is 9.47 Å². The first-order valence-electron chi connectivity index (χ1n) is 15.9. The zero-order valence-electron chi connectivity index (χ0n) is 26.3. The van der Waals surface area contributed by atoms with E-state index in [0.717, 1.165) is 24.0 Å². The van der Waals surface area contributed by atoms with Gasteiger partial charge < -0.3 is 11.5 Å². The van der Waals surface area contributed by atoms with Crippen molar-refractivity contribution in [3.8, 4) is 22.5 Å². The molecule has 48 heavy (non-hydrogen) atoms. The number of imide groups is 1. The summed E-state index contributed by atoms with van der Waals surface area (Å²) in [5, 5.41) is 14.0.